The summed E-state index contributed by atoms with van der Waals surface area (Å²) in [5.74, 6) is 1.45. The molecule has 0 radical (unpaired) electrons. The minimum atomic E-state index is 0.150. The van der Waals surface area contributed by atoms with Crippen LogP contribution in [0.25, 0.3) is 11.3 Å². The maximum Gasteiger partial charge on any atom is 0.140 e. The first-order valence-corrected chi connectivity index (χ1v) is 6.31. The monoisotopic (exact) mass is 263 g/mol. The van der Waals surface area contributed by atoms with Gasteiger partial charge in [-0.1, -0.05) is 30.3 Å². The lowest BCUT2D eigenvalue weighted by Gasteiger charge is -2.12. The van der Waals surface area contributed by atoms with E-state index in [1.54, 1.807) is 18.3 Å². The van der Waals surface area contributed by atoms with Gasteiger partial charge in [0.25, 0.3) is 0 Å². The second-order valence-electron chi connectivity index (χ2n) is 4.28. The third-order valence-electron chi connectivity index (χ3n) is 2.90. The van der Waals surface area contributed by atoms with Crippen LogP contribution in [0.2, 0.25) is 0 Å². The summed E-state index contributed by atoms with van der Waals surface area (Å²) in [5, 5.41) is 10.1. The van der Waals surface area contributed by atoms with Gasteiger partial charge in [0.05, 0.1) is 11.3 Å². The van der Waals surface area contributed by atoms with E-state index in [4.69, 9.17) is 4.74 Å². The van der Waals surface area contributed by atoms with Crippen LogP contribution >= 0.6 is 0 Å². The van der Waals surface area contributed by atoms with E-state index in [0.717, 1.165) is 5.75 Å². The van der Waals surface area contributed by atoms with Crippen molar-refractivity contribution >= 4 is 0 Å². The number of phenols is 1. The van der Waals surface area contributed by atoms with Gasteiger partial charge in [-0.2, -0.15) is 0 Å². The number of para-hydroxylation sites is 1. The van der Waals surface area contributed by atoms with E-state index in [1.165, 1.54) is 0 Å². The van der Waals surface area contributed by atoms with Crippen molar-refractivity contribution < 1.29 is 9.84 Å². The Bertz CT molecular complexity index is 697. The zero-order valence-corrected chi connectivity index (χ0v) is 10.7. The minimum absolute atomic E-state index is 0.150. The molecule has 0 amide bonds. The average Bonchev–Trinajstić information content (AvgIpc) is 2.49. The third kappa shape index (κ3) is 2.47. The van der Waals surface area contributed by atoms with E-state index in [2.05, 4.69) is 4.98 Å². The molecule has 1 heterocycles. The molecule has 0 unspecified atom stereocenters. The molecule has 0 aliphatic heterocycles. The van der Waals surface area contributed by atoms with E-state index in [1.807, 2.05) is 54.6 Å². The molecule has 98 valence electrons. The van der Waals surface area contributed by atoms with Crippen molar-refractivity contribution in [3.8, 4) is 28.5 Å². The number of phenolic OH excluding ortho intramolecular Hbond substituents is 1. The summed E-state index contributed by atoms with van der Waals surface area (Å²) in [6.07, 6.45) is 1.69. The van der Waals surface area contributed by atoms with Gasteiger partial charge in [0, 0.05) is 6.20 Å². The number of ether oxygens (including phenoxy) is 1. The fourth-order valence-corrected chi connectivity index (χ4v) is 1.99. The second kappa shape index (κ2) is 5.45. The summed E-state index contributed by atoms with van der Waals surface area (Å²) in [6.45, 7) is 0. The molecule has 0 saturated carbocycles. The molecule has 3 nitrogen and oxygen atoms in total. The first-order valence-electron chi connectivity index (χ1n) is 6.31. The number of nitrogens with zero attached hydrogens (tertiary/aromatic N) is 1. The van der Waals surface area contributed by atoms with Crippen LogP contribution in [-0.2, 0) is 0 Å². The maximum absolute atomic E-state index is 10.1. The van der Waals surface area contributed by atoms with Gasteiger partial charge in [-0.15, -0.1) is 0 Å². The lowest BCUT2D eigenvalue weighted by molar-refractivity contribution is 0.458. The summed E-state index contributed by atoms with van der Waals surface area (Å²) in [5.41, 5.74) is 1.27. The number of hydrogen-bond acceptors (Lipinski definition) is 3. The Kier molecular flexibility index (Phi) is 3.33. The number of hydrogen-bond donors (Lipinski definition) is 1. The molecule has 0 atom stereocenters. The van der Waals surface area contributed by atoms with Crippen molar-refractivity contribution in [1.29, 1.82) is 0 Å². The Morgan fingerprint density at radius 1 is 0.800 bits per heavy atom. The van der Waals surface area contributed by atoms with E-state index in [-0.39, 0.29) is 5.75 Å². The molecule has 3 aromatic rings. The molecular weight excluding hydrogens is 250 g/mol. The molecule has 2 aromatic carbocycles. The molecule has 1 aromatic heterocycles. The number of aromatic hydroxyl groups is 1. The molecule has 0 spiro atoms. The van der Waals surface area contributed by atoms with Gasteiger partial charge >= 0.3 is 0 Å². The third-order valence-corrected chi connectivity index (χ3v) is 2.90. The van der Waals surface area contributed by atoms with Crippen molar-refractivity contribution in [2.75, 3.05) is 0 Å². The summed E-state index contributed by atoms with van der Waals surface area (Å²) in [4.78, 5) is 4.27. The van der Waals surface area contributed by atoms with Gasteiger partial charge in [0.2, 0.25) is 0 Å². The Morgan fingerprint density at radius 2 is 1.60 bits per heavy atom. The van der Waals surface area contributed by atoms with E-state index in [0.29, 0.717) is 17.0 Å². The second-order valence-corrected chi connectivity index (χ2v) is 4.28. The molecule has 1 N–H and O–H groups in total. The van der Waals surface area contributed by atoms with Gasteiger partial charge in [-0.05, 0) is 36.4 Å². The summed E-state index contributed by atoms with van der Waals surface area (Å²) >= 11 is 0. The van der Waals surface area contributed by atoms with Gasteiger partial charge in [0.15, 0.2) is 0 Å². The highest BCUT2D eigenvalue weighted by atomic mass is 16.5. The van der Waals surface area contributed by atoms with Gasteiger partial charge < -0.3 is 9.84 Å². The predicted octanol–water partition coefficient (Wildman–Crippen LogP) is 4.25. The Balaban J connectivity index is 2.06. The van der Waals surface area contributed by atoms with Crippen LogP contribution in [0.1, 0.15) is 0 Å². The summed E-state index contributed by atoms with van der Waals surface area (Å²) in [6, 6.07) is 20.2. The van der Waals surface area contributed by atoms with Gasteiger partial charge in [0.1, 0.15) is 17.2 Å². The van der Waals surface area contributed by atoms with E-state index < -0.39 is 0 Å². The van der Waals surface area contributed by atoms with Crippen LogP contribution in [0.3, 0.4) is 0 Å². The number of aromatic nitrogens is 1. The molecule has 0 bridgehead atoms. The Labute approximate surface area is 117 Å². The quantitative estimate of drug-likeness (QED) is 0.768. The zero-order valence-electron chi connectivity index (χ0n) is 10.7. The predicted molar refractivity (Wildman–Crippen MR) is 77.9 cm³/mol. The van der Waals surface area contributed by atoms with E-state index in [9.17, 15) is 5.11 Å². The van der Waals surface area contributed by atoms with Crippen LogP contribution in [0, 0.1) is 0 Å². The standard InChI is InChI=1S/C17H13NO2/c19-15-10-6-11-16(20-13-7-2-1-3-8-13)17(15)14-9-4-5-12-18-14/h1-12,19H. The largest absolute Gasteiger partial charge is 0.507 e. The van der Waals surface area contributed by atoms with Crippen LogP contribution in [0.5, 0.6) is 17.2 Å². The molecule has 3 heteroatoms. The highest BCUT2D eigenvalue weighted by Crippen LogP contribution is 2.38. The fourth-order valence-electron chi connectivity index (χ4n) is 1.99. The van der Waals surface area contributed by atoms with Crippen molar-refractivity contribution in [1.82, 2.24) is 4.98 Å². The average molecular weight is 263 g/mol. The first kappa shape index (κ1) is 12.2. The SMILES string of the molecule is Oc1cccc(Oc2ccccc2)c1-c1ccccn1. The number of rotatable bonds is 3. The molecule has 0 fully saturated rings. The van der Waals surface area contributed by atoms with Crippen LogP contribution < -0.4 is 4.74 Å². The smallest absolute Gasteiger partial charge is 0.140 e. The van der Waals surface area contributed by atoms with Crippen LogP contribution in [-0.4, -0.2) is 10.1 Å². The molecule has 0 aliphatic carbocycles. The lowest BCUT2D eigenvalue weighted by atomic mass is 10.1. The van der Waals surface area contributed by atoms with Crippen molar-refractivity contribution in [2.24, 2.45) is 0 Å². The fraction of sp³-hybridized carbons (Fsp3) is 0. The molecular formula is C17H13NO2. The van der Waals surface area contributed by atoms with Crippen molar-refractivity contribution in [3.63, 3.8) is 0 Å². The lowest BCUT2D eigenvalue weighted by Crippen LogP contribution is -1.90. The van der Waals surface area contributed by atoms with Crippen LogP contribution in [0.4, 0.5) is 0 Å². The molecule has 0 aliphatic rings. The molecule has 0 saturated heterocycles. The molecule has 20 heavy (non-hydrogen) atoms. The highest BCUT2D eigenvalue weighted by molar-refractivity contribution is 5.74. The molecule has 3 rings (SSSR count). The van der Waals surface area contributed by atoms with Crippen molar-refractivity contribution in [3.05, 3.63) is 72.9 Å². The zero-order chi connectivity index (χ0) is 13.8. The maximum atomic E-state index is 10.1. The summed E-state index contributed by atoms with van der Waals surface area (Å²) in [7, 11) is 0. The highest BCUT2D eigenvalue weighted by Gasteiger charge is 2.13. The summed E-state index contributed by atoms with van der Waals surface area (Å²) < 4.78 is 5.84. The van der Waals surface area contributed by atoms with Gasteiger partial charge in [-0.3, -0.25) is 4.98 Å². The van der Waals surface area contributed by atoms with Crippen LogP contribution in [0.15, 0.2) is 72.9 Å². The van der Waals surface area contributed by atoms with Crippen molar-refractivity contribution in [2.45, 2.75) is 0 Å². The Morgan fingerprint density at radius 3 is 2.35 bits per heavy atom. The number of benzene rings is 2. The topological polar surface area (TPSA) is 42.4 Å². The number of pyridine rings is 1. The van der Waals surface area contributed by atoms with Gasteiger partial charge in [-0.25, -0.2) is 0 Å². The first-order chi connectivity index (χ1) is 9.84. The van der Waals surface area contributed by atoms with E-state index >= 15 is 0 Å². The normalized spacial score (nSPS) is 10.2. The minimum Gasteiger partial charge on any atom is -0.507 e. The Hall–Kier alpha value is -2.81.